The Labute approximate surface area is 185 Å². The highest BCUT2D eigenvalue weighted by molar-refractivity contribution is 5.93. The third kappa shape index (κ3) is 2.93. The van der Waals surface area contributed by atoms with Crippen molar-refractivity contribution in [2.24, 2.45) is 17.3 Å². The number of carbonyl (C=O) groups excluding carboxylic acids is 1. The minimum Gasteiger partial charge on any atom is -0.378 e. The lowest BCUT2D eigenvalue weighted by atomic mass is 9.51. The topological polar surface area (TPSA) is 64.3 Å². The van der Waals surface area contributed by atoms with Crippen molar-refractivity contribution in [1.82, 2.24) is 0 Å². The zero-order valence-electron chi connectivity index (χ0n) is 18.8. The number of hydrogen-bond acceptors (Lipinski definition) is 4. The predicted octanol–water partition coefficient (Wildman–Crippen LogP) is 4.91. The van der Waals surface area contributed by atoms with Crippen LogP contribution in [0.25, 0.3) is 0 Å². The average Bonchev–Trinajstić information content (AvgIpc) is 3.04. The van der Waals surface area contributed by atoms with Crippen LogP contribution in [-0.2, 0) is 4.79 Å². The molecule has 2 saturated carbocycles. The van der Waals surface area contributed by atoms with Gasteiger partial charge in [-0.05, 0) is 85.3 Å². The minimum absolute atomic E-state index is 0.187. The summed E-state index contributed by atoms with van der Waals surface area (Å²) >= 11 is 0. The Balaban J connectivity index is 1.67. The summed E-state index contributed by atoms with van der Waals surface area (Å²) in [7, 11) is 4.09. The number of aliphatic hydroxyl groups is 1. The minimum atomic E-state index is -1.26. The fourth-order valence-corrected chi connectivity index (χ4v) is 7.15. The summed E-state index contributed by atoms with van der Waals surface area (Å²) in [5, 5.41) is 21.3. The van der Waals surface area contributed by atoms with E-state index in [0.29, 0.717) is 24.7 Å². The molecule has 5 rings (SSSR count). The summed E-state index contributed by atoms with van der Waals surface area (Å²) in [6, 6.07) is 11.1. The van der Waals surface area contributed by atoms with Crippen molar-refractivity contribution >= 4 is 11.5 Å². The van der Waals surface area contributed by atoms with Crippen LogP contribution in [0.2, 0.25) is 0 Å². The molecule has 0 heterocycles. The first kappa shape index (κ1) is 20.5. The zero-order valence-corrected chi connectivity index (χ0v) is 18.8. The lowest BCUT2D eigenvalue weighted by molar-refractivity contribution is -0.114. The van der Waals surface area contributed by atoms with E-state index in [9.17, 15) is 15.2 Å². The number of benzene rings is 1. The summed E-state index contributed by atoms with van der Waals surface area (Å²) in [5.74, 6) is 1.16. The maximum atomic E-state index is 12.1. The van der Waals surface area contributed by atoms with Crippen LogP contribution >= 0.6 is 0 Å². The van der Waals surface area contributed by atoms with Gasteiger partial charge in [0.2, 0.25) is 0 Å². The highest BCUT2D eigenvalue weighted by Crippen LogP contribution is 2.66. The standard InChI is InChI=1S/C27H32N2O2/c1-26-15-23(17-4-7-19(8-5-17)29(2)3)25-21-11-9-20(30)14-18(21)6-10-22(25)24(26)12-13-27(26,31)16-28/h4-5,7-8,14,22-24,31H,6,9-13,15H2,1-3H3/t22-,23+,24-,26-,27-/m0/s1. The van der Waals surface area contributed by atoms with E-state index in [1.54, 1.807) is 0 Å². The van der Waals surface area contributed by atoms with Gasteiger partial charge >= 0.3 is 0 Å². The molecule has 0 aromatic heterocycles. The molecule has 31 heavy (non-hydrogen) atoms. The second-order valence-electron chi connectivity index (χ2n) is 10.5. The van der Waals surface area contributed by atoms with E-state index in [0.717, 1.165) is 32.1 Å². The molecule has 1 aromatic carbocycles. The molecule has 1 aromatic rings. The van der Waals surface area contributed by atoms with Gasteiger partial charge in [0.1, 0.15) is 0 Å². The van der Waals surface area contributed by atoms with Crippen molar-refractivity contribution in [3.63, 3.8) is 0 Å². The number of nitrogens with zero attached hydrogens (tertiary/aromatic N) is 2. The van der Waals surface area contributed by atoms with Crippen molar-refractivity contribution in [2.45, 2.75) is 63.4 Å². The van der Waals surface area contributed by atoms with Gasteiger partial charge in [0.25, 0.3) is 0 Å². The van der Waals surface area contributed by atoms with E-state index < -0.39 is 11.0 Å². The number of anilines is 1. The third-order valence-corrected chi connectivity index (χ3v) is 8.88. The van der Waals surface area contributed by atoms with Gasteiger partial charge in [-0.3, -0.25) is 4.79 Å². The molecule has 0 bridgehead atoms. The van der Waals surface area contributed by atoms with Crippen LogP contribution in [-0.4, -0.2) is 30.6 Å². The molecule has 0 spiro atoms. The van der Waals surface area contributed by atoms with Crippen LogP contribution in [0, 0.1) is 28.6 Å². The predicted molar refractivity (Wildman–Crippen MR) is 122 cm³/mol. The van der Waals surface area contributed by atoms with Gasteiger partial charge in [-0.25, -0.2) is 0 Å². The SMILES string of the molecule is CN(C)c1ccc([C@H]2C[C@@]3(C)[C@@H](CC[C@]3(O)C#N)[C@@H]3CCC4=CC(=O)CCC4=C32)cc1. The molecule has 0 saturated heterocycles. The molecule has 4 aliphatic carbocycles. The summed E-state index contributed by atoms with van der Waals surface area (Å²) in [6.45, 7) is 2.16. The Kier molecular flexibility index (Phi) is 4.68. The van der Waals surface area contributed by atoms with Crippen LogP contribution in [0.5, 0.6) is 0 Å². The van der Waals surface area contributed by atoms with E-state index in [1.165, 1.54) is 28.0 Å². The first-order valence-electron chi connectivity index (χ1n) is 11.6. The quantitative estimate of drug-likeness (QED) is 0.696. The van der Waals surface area contributed by atoms with Crippen molar-refractivity contribution in [2.75, 3.05) is 19.0 Å². The van der Waals surface area contributed by atoms with E-state index in [2.05, 4.69) is 42.2 Å². The average molecular weight is 417 g/mol. The van der Waals surface area contributed by atoms with E-state index in [-0.39, 0.29) is 11.7 Å². The Morgan fingerprint density at radius 1 is 1.13 bits per heavy atom. The van der Waals surface area contributed by atoms with Crippen LogP contribution in [0.15, 0.2) is 47.1 Å². The van der Waals surface area contributed by atoms with Crippen molar-refractivity contribution in [3.05, 3.63) is 52.6 Å². The van der Waals surface area contributed by atoms with Crippen molar-refractivity contribution in [1.29, 1.82) is 5.26 Å². The number of fused-ring (bicyclic) bond motifs is 4. The smallest absolute Gasteiger partial charge is 0.156 e. The summed E-state index contributed by atoms with van der Waals surface area (Å²) in [4.78, 5) is 14.2. The molecule has 162 valence electrons. The Bertz CT molecular complexity index is 1030. The fraction of sp³-hybridized carbons (Fsp3) is 0.556. The van der Waals surface area contributed by atoms with Gasteiger partial charge in [-0.2, -0.15) is 5.26 Å². The second-order valence-corrected chi connectivity index (χ2v) is 10.5. The summed E-state index contributed by atoms with van der Waals surface area (Å²) in [6.07, 6.45) is 7.57. The highest BCUT2D eigenvalue weighted by atomic mass is 16.3. The molecule has 1 N–H and O–H groups in total. The molecule has 0 radical (unpaired) electrons. The first-order chi connectivity index (χ1) is 14.8. The molecule has 0 aliphatic heterocycles. The largest absolute Gasteiger partial charge is 0.378 e. The number of carbonyl (C=O) groups is 1. The Hall–Kier alpha value is -2.38. The molecule has 0 amide bonds. The molecule has 4 nitrogen and oxygen atoms in total. The lowest BCUT2D eigenvalue weighted by Crippen LogP contribution is -2.50. The second kappa shape index (κ2) is 7.07. The van der Waals surface area contributed by atoms with Gasteiger partial charge in [0, 0.05) is 37.5 Å². The monoisotopic (exact) mass is 416 g/mol. The molecule has 4 heteroatoms. The normalized spacial score (nSPS) is 36.8. The number of hydrogen-bond donors (Lipinski definition) is 1. The summed E-state index contributed by atoms with van der Waals surface area (Å²) < 4.78 is 0. The van der Waals surface area contributed by atoms with E-state index in [1.807, 2.05) is 20.2 Å². The third-order valence-electron chi connectivity index (χ3n) is 8.88. The number of nitriles is 1. The maximum Gasteiger partial charge on any atom is 0.156 e. The number of rotatable bonds is 2. The van der Waals surface area contributed by atoms with Crippen molar-refractivity contribution in [3.8, 4) is 6.07 Å². The van der Waals surface area contributed by atoms with E-state index in [4.69, 9.17) is 0 Å². The zero-order chi connectivity index (χ0) is 22.0. The Morgan fingerprint density at radius 3 is 2.55 bits per heavy atom. The first-order valence-corrected chi connectivity index (χ1v) is 11.6. The van der Waals surface area contributed by atoms with Crippen LogP contribution < -0.4 is 4.90 Å². The van der Waals surface area contributed by atoms with Crippen molar-refractivity contribution < 1.29 is 9.90 Å². The van der Waals surface area contributed by atoms with Gasteiger partial charge in [0.05, 0.1) is 6.07 Å². The molecular weight excluding hydrogens is 384 g/mol. The Morgan fingerprint density at radius 2 is 1.87 bits per heavy atom. The summed E-state index contributed by atoms with van der Waals surface area (Å²) in [5.41, 5.74) is 4.93. The maximum absolute atomic E-state index is 12.1. The van der Waals surface area contributed by atoms with Crippen LogP contribution in [0.4, 0.5) is 5.69 Å². The number of ketones is 1. The molecular formula is C27H32N2O2. The molecule has 0 unspecified atom stereocenters. The highest BCUT2D eigenvalue weighted by Gasteiger charge is 2.63. The van der Waals surface area contributed by atoms with Gasteiger partial charge in [-0.1, -0.05) is 24.6 Å². The van der Waals surface area contributed by atoms with E-state index >= 15 is 0 Å². The lowest BCUT2D eigenvalue weighted by Gasteiger charge is -2.53. The van der Waals surface area contributed by atoms with Crippen LogP contribution in [0.3, 0.4) is 0 Å². The molecule has 5 atom stereocenters. The number of allylic oxidation sites excluding steroid dienone is 4. The van der Waals surface area contributed by atoms with Gasteiger partial charge in [-0.15, -0.1) is 0 Å². The molecule has 2 fully saturated rings. The van der Waals surface area contributed by atoms with Gasteiger partial charge in [0.15, 0.2) is 11.4 Å². The van der Waals surface area contributed by atoms with Gasteiger partial charge < -0.3 is 10.0 Å². The van der Waals surface area contributed by atoms with Crippen LogP contribution in [0.1, 0.15) is 63.4 Å². The fourth-order valence-electron chi connectivity index (χ4n) is 7.15. The molecule has 4 aliphatic rings.